The monoisotopic (exact) mass is 341 g/mol. The molecule has 3 rings (SSSR count). The van der Waals surface area contributed by atoms with Crippen molar-refractivity contribution < 1.29 is 0 Å². The molecule has 0 aromatic carbocycles. The van der Waals surface area contributed by atoms with Crippen LogP contribution < -0.4 is 0 Å². The molecule has 0 spiro atoms. The minimum absolute atomic E-state index is 0.568. The number of aryl methyl sites for hydroxylation is 2. The van der Waals surface area contributed by atoms with Crippen molar-refractivity contribution in [2.75, 3.05) is 0 Å². The van der Waals surface area contributed by atoms with Crippen LogP contribution in [0.3, 0.4) is 0 Å². The minimum Gasteiger partial charge on any atom is -0.263 e. The van der Waals surface area contributed by atoms with Crippen molar-refractivity contribution in [3.8, 4) is 17.2 Å². The Bertz CT molecular complexity index is 876. The molecular formula is C15H12BrN5. The zero-order chi connectivity index (χ0) is 15.0. The lowest BCUT2D eigenvalue weighted by Gasteiger charge is -2.09. The van der Waals surface area contributed by atoms with Crippen molar-refractivity contribution in [2.24, 2.45) is 0 Å². The first kappa shape index (κ1) is 13.7. The Hall–Kier alpha value is -2.26. The Balaban J connectivity index is 2.44. The number of hydrogen-bond acceptors (Lipinski definition) is 4. The Morgan fingerprint density at radius 1 is 1.33 bits per heavy atom. The van der Waals surface area contributed by atoms with Crippen LogP contribution in [0.5, 0.6) is 0 Å². The number of nitrogens with zero attached hydrogens (tertiary/aromatic N) is 5. The highest BCUT2D eigenvalue weighted by atomic mass is 79.9. The van der Waals surface area contributed by atoms with Crippen molar-refractivity contribution >= 4 is 27.0 Å². The molecule has 0 atom stereocenters. The number of nitriles is 1. The van der Waals surface area contributed by atoms with Crippen LogP contribution in [0, 0.1) is 18.3 Å². The van der Waals surface area contributed by atoms with Gasteiger partial charge in [-0.15, -0.1) is 0 Å². The van der Waals surface area contributed by atoms with Gasteiger partial charge >= 0.3 is 0 Å². The first-order valence-corrected chi connectivity index (χ1v) is 7.32. The largest absolute Gasteiger partial charge is 0.263 e. The van der Waals surface area contributed by atoms with Crippen LogP contribution in [0.25, 0.3) is 22.2 Å². The topological polar surface area (TPSA) is 67.4 Å². The van der Waals surface area contributed by atoms with Gasteiger partial charge in [-0.05, 0) is 35.8 Å². The fraction of sp³-hybridized carbons (Fsp3) is 0.200. The molecule has 0 N–H and O–H groups in total. The van der Waals surface area contributed by atoms with Crippen molar-refractivity contribution in [3.63, 3.8) is 0 Å². The minimum atomic E-state index is 0.568. The molecule has 0 amide bonds. The summed E-state index contributed by atoms with van der Waals surface area (Å²) in [5.41, 5.74) is 3.79. The number of aromatic nitrogens is 4. The van der Waals surface area contributed by atoms with E-state index in [0.29, 0.717) is 11.3 Å². The van der Waals surface area contributed by atoms with Crippen LogP contribution in [0.2, 0.25) is 0 Å². The van der Waals surface area contributed by atoms with Crippen molar-refractivity contribution in [2.45, 2.75) is 20.4 Å². The van der Waals surface area contributed by atoms with Crippen LogP contribution in [0.4, 0.5) is 0 Å². The first-order valence-electron chi connectivity index (χ1n) is 6.52. The molecule has 0 aliphatic heterocycles. The highest BCUT2D eigenvalue weighted by Gasteiger charge is 2.17. The summed E-state index contributed by atoms with van der Waals surface area (Å²) in [5, 5.41) is 14.7. The van der Waals surface area contributed by atoms with Gasteiger partial charge in [0.2, 0.25) is 0 Å². The maximum atomic E-state index is 9.50. The van der Waals surface area contributed by atoms with Crippen molar-refractivity contribution in [1.29, 1.82) is 5.26 Å². The lowest BCUT2D eigenvalue weighted by Crippen LogP contribution is -2.01. The van der Waals surface area contributed by atoms with E-state index in [1.165, 1.54) is 0 Å². The van der Waals surface area contributed by atoms with E-state index in [2.05, 4.69) is 37.1 Å². The predicted molar refractivity (Wildman–Crippen MR) is 83.6 cm³/mol. The third kappa shape index (κ3) is 2.20. The summed E-state index contributed by atoms with van der Waals surface area (Å²) >= 11 is 3.43. The second-order valence-electron chi connectivity index (χ2n) is 4.65. The Morgan fingerprint density at radius 3 is 2.81 bits per heavy atom. The second-order valence-corrected chi connectivity index (χ2v) is 5.56. The van der Waals surface area contributed by atoms with E-state index < -0.39 is 0 Å². The second kappa shape index (κ2) is 5.26. The lowest BCUT2D eigenvalue weighted by molar-refractivity contribution is 0.676. The molecule has 3 aromatic rings. The van der Waals surface area contributed by atoms with E-state index in [0.717, 1.165) is 33.2 Å². The molecule has 0 unspecified atom stereocenters. The summed E-state index contributed by atoms with van der Waals surface area (Å²) in [4.78, 5) is 8.73. The fourth-order valence-electron chi connectivity index (χ4n) is 2.42. The summed E-state index contributed by atoms with van der Waals surface area (Å²) in [7, 11) is 0. The number of hydrogen-bond donors (Lipinski definition) is 0. The van der Waals surface area contributed by atoms with Crippen molar-refractivity contribution in [1.82, 2.24) is 19.7 Å². The smallest absolute Gasteiger partial charge is 0.158 e. The SMILES string of the molecule is CCn1ncc2c(-c3cncc(Br)c3)c(C#N)c(C)nc21. The van der Waals surface area contributed by atoms with Gasteiger partial charge in [-0.3, -0.25) is 4.98 Å². The molecule has 3 aromatic heterocycles. The molecule has 21 heavy (non-hydrogen) atoms. The van der Waals surface area contributed by atoms with Gasteiger partial charge in [0.15, 0.2) is 5.65 Å². The van der Waals surface area contributed by atoms with E-state index in [4.69, 9.17) is 0 Å². The Kier molecular flexibility index (Phi) is 3.43. The quantitative estimate of drug-likeness (QED) is 0.715. The van der Waals surface area contributed by atoms with Crippen LogP contribution in [-0.4, -0.2) is 19.7 Å². The molecule has 0 aliphatic rings. The van der Waals surface area contributed by atoms with E-state index in [-0.39, 0.29) is 0 Å². The summed E-state index contributed by atoms with van der Waals surface area (Å²) in [6, 6.07) is 4.21. The third-order valence-corrected chi connectivity index (χ3v) is 3.80. The van der Waals surface area contributed by atoms with Crippen LogP contribution >= 0.6 is 15.9 Å². The average Bonchev–Trinajstić information content (AvgIpc) is 2.88. The molecule has 0 saturated carbocycles. The van der Waals surface area contributed by atoms with E-state index in [1.807, 2.05) is 24.6 Å². The predicted octanol–water partition coefficient (Wildman–Crippen LogP) is 3.46. The number of halogens is 1. The van der Waals surface area contributed by atoms with Gasteiger partial charge in [0.1, 0.15) is 6.07 Å². The Labute approximate surface area is 130 Å². The number of pyridine rings is 2. The van der Waals surface area contributed by atoms with Gasteiger partial charge in [0.25, 0.3) is 0 Å². The number of rotatable bonds is 2. The van der Waals surface area contributed by atoms with Gasteiger partial charge in [-0.25, -0.2) is 9.67 Å². The fourth-order valence-corrected chi connectivity index (χ4v) is 2.78. The van der Waals surface area contributed by atoms with Gasteiger partial charge in [0.05, 0.1) is 17.5 Å². The van der Waals surface area contributed by atoms with E-state index in [1.54, 1.807) is 18.6 Å². The molecule has 104 valence electrons. The zero-order valence-corrected chi connectivity index (χ0v) is 13.2. The first-order chi connectivity index (χ1) is 10.2. The standard InChI is InChI=1S/C15H12BrN5/c1-3-21-15-13(8-19-21)14(12(5-17)9(2)20-15)10-4-11(16)7-18-6-10/h4,6-8H,3H2,1-2H3. The van der Waals surface area contributed by atoms with Gasteiger partial charge in [0, 0.05) is 39.9 Å². The zero-order valence-electron chi connectivity index (χ0n) is 11.6. The molecule has 3 heterocycles. The van der Waals surface area contributed by atoms with Crippen LogP contribution in [0.1, 0.15) is 18.2 Å². The maximum Gasteiger partial charge on any atom is 0.158 e. The molecule has 0 bridgehead atoms. The summed E-state index contributed by atoms with van der Waals surface area (Å²) in [5.74, 6) is 0. The third-order valence-electron chi connectivity index (χ3n) is 3.37. The van der Waals surface area contributed by atoms with Gasteiger partial charge < -0.3 is 0 Å². The van der Waals surface area contributed by atoms with Crippen LogP contribution in [-0.2, 0) is 6.54 Å². The molecule has 6 heteroatoms. The lowest BCUT2D eigenvalue weighted by atomic mass is 9.98. The highest BCUT2D eigenvalue weighted by Crippen LogP contribution is 2.33. The molecule has 0 aliphatic carbocycles. The summed E-state index contributed by atoms with van der Waals surface area (Å²) < 4.78 is 2.70. The molecule has 5 nitrogen and oxygen atoms in total. The van der Waals surface area contributed by atoms with E-state index in [9.17, 15) is 5.26 Å². The Morgan fingerprint density at radius 2 is 2.14 bits per heavy atom. The van der Waals surface area contributed by atoms with Gasteiger partial charge in [-0.2, -0.15) is 10.4 Å². The summed E-state index contributed by atoms with van der Waals surface area (Å²) in [6.45, 7) is 4.60. The maximum absolute atomic E-state index is 9.50. The van der Waals surface area contributed by atoms with Gasteiger partial charge in [-0.1, -0.05) is 0 Å². The molecule has 0 saturated heterocycles. The molecule has 0 fully saturated rings. The molecule has 0 radical (unpaired) electrons. The highest BCUT2D eigenvalue weighted by molar-refractivity contribution is 9.10. The number of fused-ring (bicyclic) bond motifs is 1. The normalized spacial score (nSPS) is 10.8. The molecular weight excluding hydrogens is 330 g/mol. The van der Waals surface area contributed by atoms with Crippen LogP contribution in [0.15, 0.2) is 29.1 Å². The van der Waals surface area contributed by atoms with E-state index >= 15 is 0 Å². The summed E-state index contributed by atoms with van der Waals surface area (Å²) in [6.07, 6.45) is 5.24. The van der Waals surface area contributed by atoms with Crippen molar-refractivity contribution in [3.05, 3.63) is 40.4 Å². The average molecular weight is 342 g/mol.